The Morgan fingerprint density at radius 2 is 1.74 bits per heavy atom. The molecule has 0 aliphatic rings. The Bertz CT molecular complexity index is 598. The van der Waals surface area contributed by atoms with Gasteiger partial charge in [0.25, 0.3) is 0 Å². The Balaban J connectivity index is 0.00000264. The summed E-state index contributed by atoms with van der Waals surface area (Å²) >= 11 is 0. The highest BCUT2D eigenvalue weighted by Crippen LogP contribution is 2.08. The van der Waals surface area contributed by atoms with Crippen molar-refractivity contribution in [3.8, 4) is 0 Å². The van der Waals surface area contributed by atoms with Crippen LogP contribution in [-0.4, -0.2) is 26.1 Å². The first kappa shape index (κ1) is 19.4. The van der Waals surface area contributed by atoms with Crippen LogP contribution >= 0.6 is 24.0 Å². The molecule has 2 N–H and O–H groups in total. The van der Waals surface area contributed by atoms with E-state index in [1.165, 1.54) is 12.1 Å². The molecule has 0 aliphatic carbocycles. The third-order valence-corrected chi connectivity index (χ3v) is 3.10. The molecule has 0 amide bonds. The van der Waals surface area contributed by atoms with Crippen LogP contribution in [0.2, 0.25) is 0 Å². The van der Waals surface area contributed by atoms with Crippen LogP contribution < -0.4 is 10.6 Å². The SMILES string of the molecule is CN=C(NCCc1cc(F)cc(F)c1)NCCc1ccco1.I. The van der Waals surface area contributed by atoms with Gasteiger partial charge in [-0.05, 0) is 36.2 Å². The van der Waals surface area contributed by atoms with Crippen LogP contribution in [0.4, 0.5) is 8.78 Å². The van der Waals surface area contributed by atoms with Crippen molar-refractivity contribution in [2.75, 3.05) is 20.1 Å². The normalized spacial score (nSPS) is 11.0. The summed E-state index contributed by atoms with van der Waals surface area (Å²) in [6.07, 6.45) is 2.90. The molecule has 23 heavy (non-hydrogen) atoms. The number of benzene rings is 1. The lowest BCUT2D eigenvalue weighted by molar-refractivity contribution is 0.507. The first-order valence-corrected chi connectivity index (χ1v) is 7.09. The van der Waals surface area contributed by atoms with Gasteiger partial charge in [0.1, 0.15) is 17.4 Å². The van der Waals surface area contributed by atoms with Crippen molar-refractivity contribution in [3.05, 3.63) is 59.6 Å². The second-order valence-corrected chi connectivity index (χ2v) is 4.78. The first-order chi connectivity index (χ1) is 10.7. The molecule has 0 bridgehead atoms. The van der Waals surface area contributed by atoms with Gasteiger partial charge >= 0.3 is 0 Å². The first-order valence-electron chi connectivity index (χ1n) is 7.09. The van der Waals surface area contributed by atoms with Crippen molar-refractivity contribution in [2.45, 2.75) is 12.8 Å². The van der Waals surface area contributed by atoms with Crippen molar-refractivity contribution in [3.63, 3.8) is 0 Å². The second kappa shape index (κ2) is 10.2. The summed E-state index contributed by atoms with van der Waals surface area (Å²) in [5.41, 5.74) is 0.607. The fourth-order valence-electron chi connectivity index (χ4n) is 2.06. The van der Waals surface area contributed by atoms with E-state index in [4.69, 9.17) is 4.42 Å². The Morgan fingerprint density at radius 1 is 1.09 bits per heavy atom. The zero-order valence-electron chi connectivity index (χ0n) is 12.8. The molecule has 0 fully saturated rings. The minimum atomic E-state index is -0.559. The lowest BCUT2D eigenvalue weighted by Crippen LogP contribution is -2.39. The molecule has 1 aromatic carbocycles. The van der Waals surface area contributed by atoms with E-state index in [0.717, 1.165) is 18.2 Å². The van der Waals surface area contributed by atoms with Gasteiger partial charge in [0.2, 0.25) is 0 Å². The minimum absolute atomic E-state index is 0. The van der Waals surface area contributed by atoms with Gasteiger partial charge < -0.3 is 15.1 Å². The Morgan fingerprint density at radius 3 is 2.30 bits per heavy atom. The molecule has 2 aromatic rings. The van der Waals surface area contributed by atoms with Gasteiger partial charge in [-0.15, -0.1) is 24.0 Å². The summed E-state index contributed by atoms with van der Waals surface area (Å²) in [5, 5.41) is 6.25. The third kappa shape index (κ3) is 6.98. The monoisotopic (exact) mass is 435 g/mol. The zero-order valence-corrected chi connectivity index (χ0v) is 15.1. The van der Waals surface area contributed by atoms with E-state index in [-0.39, 0.29) is 24.0 Å². The highest BCUT2D eigenvalue weighted by Gasteiger charge is 2.02. The lowest BCUT2D eigenvalue weighted by atomic mass is 10.1. The van der Waals surface area contributed by atoms with E-state index >= 15 is 0 Å². The largest absolute Gasteiger partial charge is 0.469 e. The molecule has 7 heteroatoms. The summed E-state index contributed by atoms with van der Waals surface area (Å²) in [4.78, 5) is 4.09. The average molecular weight is 435 g/mol. The highest BCUT2D eigenvalue weighted by atomic mass is 127. The molecule has 0 aliphatic heterocycles. The van der Waals surface area contributed by atoms with Crippen LogP contribution in [0.5, 0.6) is 0 Å². The summed E-state index contributed by atoms with van der Waals surface area (Å²) < 4.78 is 31.4. The van der Waals surface area contributed by atoms with Crippen molar-refractivity contribution in [1.82, 2.24) is 10.6 Å². The van der Waals surface area contributed by atoms with Gasteiger partial charge in [0.15, 0.2) is 5.96 Å². The molecule has 4 nitrogen and oxygen atoms in total. The molecular formula is C16H20F2IN3O. The number of hydrogen-bond acceptors (Lipinski definition) is 2. The third-order valence-electron chi connectivity index (χ3n) is 3.10. The van der Waals surface area contributed by atoms with Gasteiger partial charge in [-0.3, -0.25) is 4.99 Å². The molecule has 0 radical (unpaired) electrons. The van der Waals surface area contributed by atoms with Crippen molar-refractivity contribution >= 4 is 29.9 Å². The molecule has 0 saturated carbocycles. The summed E-state index contributed by atoms with van der Waals surface area (Å²) in [6.45, 7) is 1.21. The number of guanidine groups is 1. The number of nitrogens with zero attached hydrogens (tertiary/aromatic N) is 1. The minimum Gasteiger partial charge on any atom is -0.469 e. The van der Waals surface area contributed by atoms with E-state index in [2.05, 4.69) is 15.6 Å². The smallest absolute Gasteiger partial charge is 0.191 e. The van der Waals surface area contributed by atoms with Gasteiger partial charge in [0, 0.05) is 32.6 Å². The van der Waals surface area contributed by atoms with Crippen molar-refractivity contribution < 1.29 is 13.2 Å². The molecular weight excluding hydrogens is 415 g/mol. The predicted molar refractivity (Wildman–Crippen MR) is 97.3 cm³/mol. The van der Waals surface area contributed by atoms with Crippen LogP contribution in [0.15, 0.2) is 46.0 Å². The van der Waals surface area contributed by atoms with Gasteiger partial charge in [-0.1, -0.05) is 0 Å². The van der Waals surface area contributed by atoms with E-state index in [9.17, 15) is 8.78 Å². The average Bonchev–Trinajstić information content (AvgIpc) is 2.98. The highest BCUT2D eigenvalue weighted by molar-refractivity contribution is 14.0. The number of rotatable bonds is 6. The van der Waals surface area contributed by atoms with Gasteiger partial charge in [-0.25, -0.2) is 8.78 Å². The maximum atomic E-state index is 13.1. The quantitative estimate of drug-likeness (QED) is 0.417. The number of halogens is 3. The fourth-order valence-corrected chi connectivity index (χ4v) is 2.06. The predicted octanol–water partition coefficient (Wildman–Crippen LogP) is 3.13. The number of aliphatic imine (C=N–C) groups is 1. The van der Waals surface area contributed by atoms with Gasteiger partial charge in [0.05, 0.1) is 6.26 Å². The van der Waals surface area contributed by atoms with Crippen molar-refractivity contribution in [2.24, 2.45) is 4.99 Å². The second-order valence-electron chi connectivity index (χ2n) is 4.78. The van der Waals surface area contributed by atoms with Crippen LogP contribution in [0.25, 0.3) is 0 Å². The molecule has 0 unspecified atom stereocenters. The van der Waals surface area contributed by atoms with E-state index in [0.29, 0.717) is 31.0 Å². The molecule has 1 aromatic heterocycles. The Kier molecular flexibility index (Phi) is 8.60. The maximum absolute atomic E-state index is 13.1. The number of nitrogens with one attached hydrogen (secondary N) is 2. The van der Waals surface area contributed by atoms with Gasteiger partial charge in [-0.2, -0.15) is 0 Å². The van der Waals surface area contributed by atoms with Crippen molar-refractivity contribution in [1.29, 1.82) is 0 Å². The Hall–Kier alpha value is -1.64. The molecule has 0 spiro atoms. The van der Waals surface area contributed by atoms with E-state index < -0.39 is 11.6 Å². The molecule has 126 valence electrons. The topological polar surface area (TPSA) is 49.6 Å². The molecule has 1 heterocycles. The van der Waals surface area contributed by atoms with Crippen LogP contribution in [0, 0.1) is 11.6 Å². The van der Waals surface area contributed by atoms with Crippen LogP contribution in [-0.2, 0) is 12.8 Å². The maximum Gasteiger partial charge on any atom is 0.191 e. The van der Waals surface area contributed by atoms with E-state index in [1.807, 2.05) is 12.1 Å². The zero-order chi connectivity index (χ0) is 15.8. The van der Waals surface area contributed by atoms with Crippen LogP contribution in [0.1, 0.15) is 11.3 Å². The summed E-state index contributed by atoms with van der Waals surface area (Å²) in [5.74, 6) is 0.425. The number of hydrogen-bond donors (Lipinski definition) is 2. The molecule has 0 saturated heterocycles. The van der Waals surface area contributed by atoms with E-state index in [1.54, 1.807) is 13.3 Å². The number of furan rings is 1. The molecule has 0 atom stereocenters. The van der Waals surface area contributed by atoms with Crippen LogP contribution in [0.3, 0.4) is 0 Å². The Labute approximate surface area is 151 Å². The fraction of sp³-hybridized carbons (Fsp3) is 0.312. The summed E-state index contributed by atoms with van der Waals surface area (Å²) in [7, 11) is 1.67. The summed E-state index contributed by atoms with van der Waals surface area (Å²) in [6, 6.07) is 7.29. The molecule has 2 rings (SSSR count). The standard InChI is InChI=1S/C16H19F2N3O.HI/c1-19-16(21-7-5-15-3-2-8-22-15)20-6-4-12-9-13(17)11-14(18)10-12;/h2-3,8-11H,4-7H2,1H3,(H2,19,20,21);1H. The lowest BCUT2D eigenvalue weighted by Gasteiger charge is -2.11.